The predicted octanol–water partition coefficient (Wildman–Crippen LogP) is 2.11. The lowest BCUT2D eigenvalue weighted by atomic mass is 9.98. The van der Waals surface area contributed by atoms with Crippen molar-refractivity contribution in [1.29, 1.82) is 0 Å². The molecule has 4 N–H and O–H groups in total. The summed E-state index contributed by atoms with van der Waals surface area (Å²) in [5.41, 5.74) is 4.57. The van der Waals surface area contributed by atoms with Gasteiger partial charge in [0.2, 0.25) is 5.91 Å². The summed E-state index contributed by atoms with van der Waals surface area (Å²) < 4.78 is 5.48. The molecule has 0 saturated heterocycles. The number of hydrogen-bond donors (Lipinski definition) is 4. The normalized spacial score (nSPS) is 20.4. The van der Waals surface area contributed by atoms with E-state index in [1.54, 1.807) is 0 Å². The zero-order valence-electron chi connectivity index (χ0n) is 17.7. The Morgan fingerprint density at radius 2 is 1.66 bits per heavy atom. The number of rotatable bonds is 8. The van der Waals surface area contributed by atoms with E-state index in [2.05, 4.69) is 22.8 Å². The van der Waals surface area contributed by atoms with Gasteiger partial charge < -0.3 is 25.6 Å². The van der Waals surface area contributed by atoms with Crippen molar-refractivity contribution in [2.45, 2.75) is 31.4 Å². The van der Waals surface area contributed by atoms with Crippen LogP contribution in [0, 0.1) is 11.8 Å². The standard InChI is InChI=1S/C24H26N2O6/c1-13(27)21(23(29)30)26-22(28)19-10-14(19)11-25-24(31)32-12-20-17-8-4-2-6-15(17)16-7-3-5-9-18(16)20/h2-9,13-14,19-21,27H,10-12H2,1H3,(H,25,31)(H,26,28)(H,29,30)/t13-,14+,19+,21+/m1/s1. The fourth-order valence-electron chi connectivity index (χ4n) is 4.31. The van der Waals surface area contributed by atoms with E-state index >= 15 is 0 Å². The third-order valence-electron chi connectivity index (χ3n) is 6.16. The van der Waals surface area contributed by atoms with E-state index in [-0.39, 0.29) is 30.9 Å². The Morgan fingerprint density at radius 1 is 1.06 bits per heavy atom. The van der Waals surface area contributed by atoms with Gasteiger partial charge in [0, 0.05) is 18.4 Å². The molecule has 0 bridgehead atoms. The highest BCUT2D eigenvalue weighted by molar-refractivity contribution is 5.87. The van der Waals surface area contributed by atoms with Crippen LogP contribution in [-0.4, -0.2) is 53.5 Å². The zero-order chi connectivity index (χ0) is 22.8. The van der Waals surface area contributed by atoms with Gasteiger partial charge in [-0.3, -0.25) is 4.79 Å². The van der Waals surface area contributed by atoms with Crippen LogP contribution in [0.4, 0.5) is 4.79 Å². The van der Waals surface area contributed by atoms with Gasteiger partial charge in [-0.15, -0.1) is 0 Å². The minimum Gasteiger partial charge on any atom is -0.480 e. The van der Waals surface area contributed by atoms with Gasteiger partial charge in [-0.1, -0.05) is 48.5 Å². The molecule has 0 unspecified atom stereocenters. The molecule has 4 atom stereocenters. The monoisotopic (exact) mass is 438 g/mol. The fraction of sp³-hybridized carbons (Fsp3) is 0.375. The molecule has 2 aromatic carbocycles. The van der Waals surface area contributed by atoms with E-state index in [4.69, 9.17) is 9.84 Å². The number of carbonyl (C=O) groups excluding carboxylic acids is 2. The molecule has 2 aliphatic rings. The van der Waals surface area contributed by atoms with Crippen molar-refractivity contribution >= 4 is 18.0 Å². The molecule has 2 amide bonds. The van der Waals surface area contributed by atoms with Gasteiger partial charge in [0.05, 0.1) is 6.10 Å². The van der Waals surface area contributed by atoms with E-state index in [1.165, 1.54) is 6.92 Å². The number of aliphatic carboxylic acids is 1. The van der Waals surface area contributed by atoms with Gasteiger partial charge >= 0.3 is 12.1 Å². The molecule has 0 aliphatic heterocycles. The van der Waals surface area contributed by atoms with Crippen LogP contribution in [0.2, 0.25) is 0 Å². The summed E-state index contributed by atoms with van der Waals surface area (Å²) in [6, 6.07) is 14.8. The summed E-state index contributed by atoms with van der Waals surface area (Å²) in [5.74, 6) is -2.22. The molecule has 2 aromatic rings. The number of ether oxygens (including phenoxy) is 1. The summed E-state index contributed by atoms with van der Waals surface area (Å²) in [5, 5.41) is 23.6. The largest absolute Gasteiger partial charge is 0.480 e. The zero-order valence-corrected chi connectivity index (χ0v) is 17.7. The van der Waals surface area contributed by atoms with Crippen LogP contribution in [0.3, 0.4) is 0 Å². The van der Waals surface area contributed by atoms with Gasteiger partial charge in [0.15, 0.2) is 6.04 Å². The minimum atomic E-state index is -1.35. The number of aliphatic hydroxyl groups is 1. The number of carboxylic acid groups (broad SMARTS) is 1. The number of carbonyl (C=O) groups is 3. The molecule has 8 heteroatoms. The second-order valence-electron chi connectivity index (χ2n) is 8.37. The Labute approximate surface area is 185 Å². The topological polar surface area (TPSA) is 125 Å². The van der Waals surface area contributed by atoms with Crippen LogP contribution in [0.15, 0.2) is 48.5 Å². The average Bonchev–Trinajstić information content (AvgIpc) is 3.49. The van der Waals surface area contributed by atoms with E-state index in [0.29, 0.717) is 6.42 Å². The van der Waals surface area contributed by atoms with E-state index in [0.717, 1.165) is 22.3 Å². The molecule has 0 heterocycles. The maximum Gasteiger partial charge on any atom is 0.407 e. The van der Waals surface area contributed by atoms with Crippen LogP contribution in [-0.2, 0) is 14.3 Å². The second kappa shape index (κ2) is 9.00. The number of alkyl carbamates (subject to hydrolysis) is 1. The Bertz CT molecular complexity index is 991. The van der Waals surface area contributed by atoms with Gasteiger partial charge in [0.1, 0.15) is 6.61 Å². The molecular weight excluding hydrogens is 412 g/mol. The van der Waals surface area contributed by atoms with Crippen molar-refractivity contribution in [3.8, 4) is 11.1 Å². The Balaban J connectivity index is 1.26. The molecule has 2 aliphatic carbocycles. The number of aliphatic hydroxyl groups excluding tert-OH is 1. The fourth-order valence-corrected chi connectivity index (χ4v) is 4.31. The molecule has 4 rings (SSSR count). The molecular formula is C24H26N2O6. The first-order valence-electron chi connectivity index (χ1n) is 10.7. The summed E-state index contributed by atoms with van der Waals surface area (Å²) in [6.45, 7) is 1.78. The van der Waals surface area contributed by atoms with Crippen LogP contribution in [0.5, 0.6) is 0 Å². The van der Waals surface area contributed by atoms with Crippen LogP contribution < -0.4 is 10.6 Å². The summed E-state index contributed by atoms with van der Waals surface area (Å²) in [4.78, 5) is 35.5. The number of carboxylic acids is 1. The van der Waals surface area contributed by atoms with Crippen molar-refractivity contribution in [2.75, 3.05) is 13.2 Å². The molecule has 1 saturated carbocycles. The highest BCUT2D eigenvalue weighted by atomic mass is 16.5. The smallest absolute Gasteiger partial charge is 0.407 e. The maximum atomic E-state index is 12.2. The van der Waals surface area contributed by atoms with E-state index in [9.17, 15) is 19.5 Å². The Hall–Kier alpha value is -3.39. The molecule has 0 spiro atoms. The van der Waals surface area contributed by atoms with Crippen LogP contribution >= 0.6 is 0 Å². The lowest BCUT2D eigenvalue weighted by molar-refractivity contribution is -0.145. The summed E-state index contributed by atoms with van der Waals surface area (Å²) in [6.07, 6.45) is -1.21. The quantitative estimate of drug-likeness (QED) is 0.500. The molecule has 32 heavy (non-hydrogen) atoms. The van der Waals surface area contributed by atoms with Gasteiger partial charge in [-0.05, 0) is 41.5 Å². The summed E-state index contributed by atoms with van der Waals surface area (Å²) in [7, 11) is 0. The predicted molar refractivity (Wildman–Crippen MR) is 116 cm³/mol. The highest BCUT2D eigenvalue weighted by Gasteiger charge is 2.44. The molecule has 168 valence electrons. The Morgan fingerprint density at radius 3 is 2.22 bits per heavy atom. The highest BCUT2D eigenvalue weighted by Crippen LogP contribution is 2.44. The van der Waals surface area contributed by atoms with Crippen molar-refractivity contribution in [1.82, 2.24) is 10.6 Å². The lowest BCUT2D eigenvalue weighted by Gasteiger charge is -2.17. The Kier molecular flexibility index (Phi) is 6.14. The van der Waals surface area contributed by atoms with Crippen molar-refractivity contribution in [3.05, 3.63) is 59.7 Å². The number of nitrogens with one attached hydrogen (secondary N) is 2. The van der Waals surface area contributed by atoms with Gasteiger partial charge in [-0.2, -0.15) is 0 Å². The van der Waals surface area contributed by atoms with Crippen molar-refractivity contribution in [2.24, 2.45) is 11.8 Å². The van der Waals surface area contributed by atoms with Crippen molar-refractivity contribution < 1.29 is 29.3 Å². The minimum absolute atomic E-state index is 0.0268. The number of benzene rings is 2. The van der Waals surface area contributed by atoms with E-state index in [1.807, 2.05) is 36.4 Å². The third-order valence-corrected chi connectivity index (χ3v) is 6.16. The maximum absolute atomic E-state index is 12.2. The number of amides is 2. The third kappa shape index (κ3) is 4.45. The van der Waals surface area contributed by atoms with Crippen LogP contribution in [0.1, 0.15) is 30.4 Å². The molecule has 0 aromatic heterocycles. The molecule has 0 radical (unpaired) electrons. The first-order chi connectivity index (χ1) is 15.4. The first-order valence-corrected chi connectivity index (χ1v) is 10.7. The van der Waals surface area contributed by atoms with Crippen molar-refractivity contribution in [3.63, 3.8) is 0 Å². The average molecular weight is 438 g/mol. The number of fused-ring (bicyclic) bond motifs is 3. The second-order valence-corrected chi connectivity index (χ2v) is 8.37. The number of hydrogen-bond acceptors (Lipinski definition) is 5. The lowest BCUT2D eigenvalue weighted by Crippen LogP contribution is -2.48. The SMILES string of the molecule is C[C@@H](O)[C@H](NC(=O)[C@H]1C[C@H]1CNC(=O)OCC1c2ccccc2-c2ccccc21)C(=O)O. The first kappa shape index (κ1) is 21.8. The van der Waals surface area contributed by atoms with E-state index < -0.39 is 30.1 Å². The molecule has 8 nitrogen and oxygen atoms in total. The van der Waals surface area contributed by atoms with Crippen LogP contribution in [0.25, 0.3) is 11.1 Å². The van der Waals surface area contributed by atoms with Gasteiger partial charge in [-0.25, -0.2) is 9.59 Å². The summed E-state index contributed by atoms with van der Waals surface area (Å²) >= 11 is 0. The van der Waals surface area contributed by atoms with Gasteiger partial charge in [0.25, 0.3) is 0 Å². The molecule has 1 fully saturated rings.